The van der Waals surface area contributed by atoms with E-state index in [1.165, 1.54) is 12.0 Å². The second kappa shape index (κ2) is 8.29. The van der Waals surface area contributed by atoms with Gasteiger partial charge in [0.15, 0.2) is 0 Å². The van der Waals surface area contributed by atoms with Crippen LogP contribution in [0.5, 0.6) is 0 Å². The zero-order valence-corrected chi connectivity index (χ0v) is 13.0. The van der Waals surface area contributed by atoms with Gasteiger partial charge in [0.2, 0.25) is 0 Å². The number of hydrogen-bond acceptors (Lipinski definition) is 1. The third-order valence-corrected chi connectivity index (χ3v) is 3.88. The largest absolute Gasteiger partial charge is 0.300 e. The fourth-order valence-corrected chi connectivity index (χ4v) is 2.78. The molecule has 1 heteroatoms. The van der Waals surface area contributed by atoms with Gasteiger partial charge >= 0.3 is 0 Å². The summed E-state index contributed by atoms with van der Waals surface area (Å²) in [5, 5.41) is 0. The van der Waals surface area contributed by atoms with Gasteiger partial charge in [-0.2, -0.15) is 0 Å². The van der Waals surface area contributed by atoms with Crippen LogP contribution >= 0.6 is 0 Å². The van der Waals surface area contributed by atoms with E-state index >= 15 is 0 Å². The number of ketones is 1. The summed E-state index contributed by atoms with van der Waals surface area (Å²) in [6.45, 7) is 12.3. The van der Waals surface area contributed by atoms with Gasteiger partial charge < -0.3 is 0 Å². The first-order valence-corrected chi connectivity index (χ1v) is 7.51. The zero-order valence-electron chi connectivity index (χ0n) is 13.0. The van der Waals surface area contributed by atoms with Crippen LogP contribution in [-0.4, -0.2) is 5.78 Å². The van der Waals surface area contributed by atoms with Crippen LogP contribution in [0.1, 0.15) is 67.2 Å². The Kier molecular flexibility index (Phi) is 7.90. The van der Waals surface area contributed by atoms with Crippen molar-refractivity contribution in [3.63, 3.8) is 0 Å². The monoisotopic (exact) mass is 250 g/mol. The standard InChI is InChI=1S/C13H18O.2C2H6/c1-3-4-5-10(2)13-7-6-12(14)8-11(13)9-13;2*1-2/h3-5,11H,6-9H2,1-2H3;2*1-2H3/b4-3-,10-5+;;. The van der Waals surface area contributed by atoms with Gasteiger partial charge in [-0.1, -0.05) is 51.5 Å². The van der Waals surface area contributed by atoms with E-state index in [1.54, 1.807) is 0 Å². The molecule has 2 saturated carbocycles. The van der Waals surface area contributed by atoms with Crippen molar-refractivity contribution in [2.75, 3.05) is 0 Å². The van der Waals surface area contributed by atoms with Crippen molar-refractivity contribution in [3.05, 3.63) is 23.8 Å². The van der Waals surface area contributed by atoms with E-state index in [-0.39, 0.29) is 0 Å². The highest BCUT2D eigenvalue weighted by atomic mass is 16.1. The average Bonchev–Trinajstić information content (AvgIpc) is 3.15. The SMILES string of the molecule is C/C=C\C=C(/C)C12CCC(=O)CC1C2.CC.CC. The van der Waals surface area contributed by atoms with Gasteiger partial charge in [-0.3, -0.25) is 4.79 Å². The van der Waals surface area contributed by atoms with E-state index in [0.717, 1.165) is 19.3 Å². The number of Topliss-reactive ketones (excluding diaryl/α,β-unsaturated/α-hetero) is 1. The predicted octanol–water partition coefficient (Wildman–Crippen LogP) is 5.32. The van der Waals surface area contributed by atoms with Crippen molar-refractivity contribution in [2.45, 2.75) is 67.2 Å². The van der Waals surface area contributed by atoms with Gasteiger partial charge in [0.1, 0.15) is 5.78 Å². The molecule has 0 radical (unpaired) electrons. The third kappa shape index (κ3) is 3.83. The van der Waals surface area contributed by atoms with Crippen molar-refractivity contribution in [3.8, 4) is 0 Å². The van der Waals surface area contributed by atoms with E-state index in [0.29, 0.717) is 17.1 Å². The van der Waals surface area contributed by atoms with Crippen molar-refractivity contribution >= 4 is 5.78 Å². The molecule has 0 saturated heterocycles. The Balaban J connectivity index is 0.000000659. The normalized spacial score (nSPS) is 29.8. The summed E-state index contributed by atoms with van der Waals surface area (Å²) < 4.78 is 0. The van der Waals surface area contributed by atoms with Crippen molar-refractivity contribution in [2.24, 2.45) is 11.3 Å². The number of carbonyl (C=O) groups is 1. The van der Waals surface area contributed by atoms with E-state index < -0.39 is 0 Å². The Labute approximate surface area is 113 Å². The summed E-state index contributed by atoms with van der Waals surface area (Å²) in [4.78, 5) is 11.2. The maximum Gasteiger partial charge on any atom is 0.133 e. The number of rotatable bonds is 2. The molecule has 0 bridgehead atoms. The van der Waals surface area contributed by atoms with E-state index in [2.05, 4.69) is 25.2 Å². The predicted molar refractivity (Wildman–Crippen MR) is 80.7 cm³/mol. The van der Waals surface area contributed by atoms with Crippen LogP contribution in [0.3, 0.4) is 0 Å². The molecule has 0 aliphatic heterocycles. The molecule has 2 atom stereocenters. The maximum atomic E-state index is 11.2. The lowest BCUT2D eigenvalue weighted by Gasteiger charge is -2.21. The molecule has 2 fully saturated rings. The van der Waals surface area contributed by atoms with Crippen LogP contribution in [0, 0.1) is 11.3 Å². The summed E-state index contributed by atoms with van der Waals surface area (Å²) in [5.41, 5.74) is 1.90. The van der Waals surface area contributed by atoms with Crippen molar-refractivity contribution in [1.29, 1.82) is 0 Å². The molecule has 0 amide bonds. The Morgan fingerprint density at radius 3 is 2.39 bits per heavy atom. The molecule has 2 unspecified atom stereocenters. The number of allylic oxidation sites excluding steroid dienone is 4. The molecule has 0 aromatic rings. The molecule has 0 N–H and O–H groups in total. The van der Waals surface area contributed by atoms with Gasteiger partial charge in [0.05, 0.1) is 0 Å². The molecule has 18 heavy (non-hydrogen) atoms. The number of hydrogen-bond donors (Lipinski definition) is 0. The first-order chi connectivity index (χ1) is 8.69. The quantitative estimate of drug-likeness (QED) is 0.606. The molecule has 0 aromatic heterocycles. The molecule has 2 aliphatic rings. The van der Waals surface area contributed by atoms with E-state index in [1.807, 2.05) is 34.6 Å². The highest BCUT2D eigenvalue weighted by Crippen LogP contribution is 2.64. The van der Waals surface area contributed by atoms with Crippen LogP contribution in [0.25, 0.3) is 0 Å². The van der Waals surface area contributed by atoms with E-state index in [4.69, 9.17) is 0 Å². The smallest absolute Gasteiger partial charge is 0.133 e. The summed E-state index contributed by atoms with van der Waals surface area (Å²) in [6.07, 6.45) is 10.4. The molecule has 0 spiro atoms. The summed E-state index contributed by atoms with van der Waals surface area (Å²) >= 11 is 0. The lowest BCUT2D eigenvalue weighted by Crippen LogP contribution is -2.16. The minimum atomic E-state index is 0.424. The van der Waals surface area contributed by atoms with Crippen LogP contribution in [0.15, 0.2) is 23.8 Å². The van der Waals surface area contributed by atoms with Gasteiger partial charge in [-0.15, -0.1) is 0 Å². The van der Waals surface area contributed by atoms with Crippen molar-refractivity contribution in [1.82, 2.24) is 0 Å². The minimum absolute atomic E-state index is 0.424. The Morgan fingerprint density at radius 1 is 1.28 bits per heavy atom. The topological polar surface area (TPSA) is 17.1 Å². The number of carbonyl (C=O) groups excluding carboxylic acids is 1. The molecular formula is C17H30O. The zero-order chi connectivity index (χ0) is 14.2. The van der Waals surface area contributed by atoms with Crippen LogP contribution in [-0.2, 0) is 4.79 Å². The van der Waals surface area contributed by atoms with Gasteiger partial charge in [0.25, 0.3) is 0 Å². The molecule has 2 rings (SSSR count). The first kappa shape index (κ1) is 17.2. The van der Waals surface area contributed by atoms with Crippen molar-refractivity contribution < 1.29 is 4.79 Å². The Morgan fingerprint density at radius 2 is 1.89 bits per heavy atom. The number of fused-ring (bicyclic) bond motifs is 1. The fourth-order valence-electron chi connectivity index (χ4n) is 2.78. The third-order valence-electron chi connectivity index (χ3n) is 3.88. The fraction of sp³-hybridized carbons (Fsp3) is 0.706. The summed E-state index contributed by atoms with van der Waals surface area (Å²) in [7, 11) is 0. The highest BCUT2D eigenvalue weighted by Gasteiger charge is 2.57. The highest BCUT2D eigenvalue weighted by molar-refractivity contribution is 5.80. The lowest BCUT2D eigenvalue weighted by molar-refractivity contribution is -0.120. The van der Waals surface area contributed by atoms with Gasteiger partial charge in [-0.05, 0) is 38.0 Å². The van der Waals surface area contributed by atoms with E-state index in [9.17, 15) is 4.79 Å². The Hall–Kier alpha value is -0.850. The molecule has 104 valence electrons. The molecule has 0 aromatic carbocycles. The van der Waals surface area contributed by atoms with Crippen LogP contribution in [0.4, 0.5) is 0 Å². The minimum Gasteiger partial charge on any atom is -0.300 e. The first-order valence-electron chi connectivity index (χ1n) is 7.51. The van der Waals surface area contributed by atoms with Gasteiger partial charge in [0, 0.05) is 12.8 Å². The Bertz CT molecular complexity index is 312. The molecule has 2 aliphatic carbocycles. The summed E-state index contributed by atoms with van der Waals surface area (Å²) in [6, 6.07) is 0. The second-order valence-corrected chi connectivity index (χ2v) is 4.68. The lowest BCUT2D eigenvalue weighted by atomic mass is 9.82. The van der Waals surface area contributed by atoms with Gasteiger partial charge in [-0.25, -0.2) is 0 Å². The second-order valence-electron chi connectivity index (χ2n) is 4.68. The molecular weight excluding hydrogens is 220 g/mol. The van der Waals surface area contributed by atoms with Crippen LogP contribution in [0.2, 0.25) is 0 Å². The molecule has 0 heterocycles. The summed E-state index contributed by atoms with van der Waals surface area (Å²) in [5.74, 6) is 1.15. The van der Waals surface area contributed by atoms with Crippen LogP contribution < -0.4 is 0 Å². The maximum absolute atomic E-state index is 11.2. The molecule has 1 nitrogen and oxygen atoms in total. The average molecular weight is 250 g/mol.